The summed E-state index contributed by atoms with van der Waals surface area (Å²) in [5.74, 6) is -0.127. The summed E-state index contributed by atoms with van der Waals surface area (Å²) in [7, 11) is 1.43. The summed E-state index contributed by atoms with van der Waals surface area (Å²) >= 11 is 8.33. The van der Waals surface area contributed by atoms with E-state index in [9.17, 15) is 4.79 Å². The maximum absolute atomic E-state index is 11.4. The molecule has 0 spiro atoms. The molecule has 0 aliphatic heterocycles. The number of hydrogen-bond donors (Lipinski definition) is 0. The van der Waals surface area contributed by atoms with Gasteiger partial charge >= 0.3 is 5.97 Å². The van der Waals surface area contributed by atoms with Crippen LogP contribution in [0, 0.1) is 9.49 Å². The fourth-order valence-electron chi connectivity index (χ4n) is 2.46. The van der Waals surface area contributed by atoms with Crippen molar-refractivity contribution in [3.05, 3.63) is 21.2 Å². The lowest BCUT2D eigenvalue weighted by molar-refractivity contribution is -0.149. The van der Waals surface area contributed by atoms with Gasteiger partial charge in [0.2, 0.25) is 0 Å². The Kier molecular flexibility index (Phi) is 3.38. The van der Waals surface area contributed by atoms with Crippen LogP contribution < -0.4 is 0 Å². The van der Waals surface area contributed by atoms with Crippen LogP contribution in [0.3, 0.4) is 0 Å². The van der Waals surface area contributed by atoms with E-state index >= 15 is 0 Å². The lowest BCUT2D eigenvalue weighted by Crippen LogP contribution is -2.33. The van der Waals surface area contributed by atoms with Crippen molar-refractivity contribution in [2.45, 2.75) is 18.9 Å². The van der Waals surface area contributed by atoms with Gasteiger partial charge in [0.1, 0.15) is 17.1 Å². The summed E-state index contributed by atoms with van der Waals surface area (Å²) in [5.41, 5.74) is 0.831. The Balaban J connectivity index is 1.92. The summed E-state index contributed by atoms with van der Waals surface area (Å²) in [6.07, 6.45) is 5.06. The molecule has 0 saturated heterocycles. The zero-order chi connectivity index (χ0) is 13.6. The molecule has 0 aromatic carbocycles. The molecule has 1 aliphatic rings. The molecule has 1 fully saturated rings. The molecule has 1 aliphatic carbocycles. The molecule has 0 N–H and O–H groups in total. The third-order valence-corrected chi connectivity index (χ3v) is 4.66. The number of fused-ring (bicyclic) bond motifs is 1. The molecule has 19 heavy (non-hydrogen) atoms. The number of esters is 1. The van der Waals surface area contributed by atoms with Gasteiger partial charge in [0.05, 0.1) is 18.4 Å². The molecule has 1 saturated carbocycles. The number of hydrogen-bond acceptors (Lipinski definition) is 4. The van der Waals surface area contributed by atoms with E-state index in [0.717, 1.165) is 27.4 Å². The summed E-state index contributed by atoms with van der Waals surface area (Å²) in [5, 5.41) is 1.35. The summed E-state index contributed by atoms with van der Waals surface area (Å²) in [6, 6.07) is 0.279. The standard InChI is InChI=1S/C12H11ClIN3O2/c1-19-12(18)6-2-7(3-6)17-4-8(14)9-10(13)15-5-16-11(9)17/h4-7H,2-3H2,1H3/t6-,7-. The van der Waals surface area contributed by atoms with Gasteiger partial charge in [-0.1, -0.05) is 11.6 Å². The highest BCUT2D eigenvalue weighted by molar-refractivity contribution is 14.1. The van der Waals surface area contributed by atoms with Crippen molar-refractivity contribution in [3.8, 4) is 0 Å². The number of aromatic nitrogens is 3. The van der Waals surface area contributed by atoms with Crippen LogP contribution in [0.1, 0.15) is 18.9 Å². The number of carbonyl (C=O) groups excluding carboxylic acids is 1. The van der Waals surface area contributed by atoms with E-state index in [-0.39, 0.29) is 17.9 Å². The van der Waals surface area contributed by atoms with E-state index in [2.05, 4.69) is 37.1 Å². The van der Waals surface area contributed by atoms with Gasteiger partial charge in [0, 0.05) is 15.8 Å². The molecule has 0 atom stereocenters. The highest BCUT2D eigenvalue weighted by atomic mass is 127. The second-order valence-electron chi connectivity index (χ2n) is 4.59. The van der Waals surface area contributed by atoms with E-state index in [1.807, 2.05) is 6.20 Å². The molecule has 7 heteroatoms. The molecule has 2 heterocycles. The minimum Gasteiger partial charge on any atom is -0.469 e. The first-order chi connectivity index (χ1) is 9.11. The van der Waals surface area contributed by atoms with Gasteiger partial charge < -0.3 is 9.30 Å². The van der Waals surface area contributed by atoms with Crippen LogP contribution >= 0.6 is 34.2 Å². The summed E-state index contributed by atoms with van der Waals surface area (Å²) < 4.78 is 7.87. The third-order valence-electron chi connectivity index (χ3n) is 3.56. The molecular weight excluding hydrogens is 381 g/mol. The van der Waals surface area contributed by atoms with Gasteiger partial charge in [-0.05, 0) is 35.4 Å². The second kappa shape index (κ2) is 4.90. The van der Waals surface area contributed by atoms with Crippen molar-refractivity contribution in [2.24, 2.45) is 5.92 Å². The summed E-state index contributed by atoms with van der Waals surface area (Å²) in [4.78, 5) is 19.7. The molecule has 2 aromatic rings. The predicted octanol–water partition coefficient (Wildman–Crippen LogP) is 2.81. The Morgan fingerprint density at radius 2 is 2.26 bits per heavy atom. The first-order valence-corrected chi connectivity index (χ1v) is 7.32. The topological polar surface area (TPSA) is 57.0 Å². The van der Waals surface area contributed by atoms with Crippen molar-refractivity contribution < 1.29 is 9.53 Å². The van der Waals surface area contributed by atoms with Crippen molar-refractivity contribution >= 4 is 51.2 Å². The zero-order valence-corrected chi connectivity index (χ0v) is 13.1. The maximum atomic E-state index is 11.4. The molecule has 3 rings (SSSR count). The fourth-order valence-corrected chi connectivity index (χ4v) is 3.64. The largest absolute Gasteiger partial charge is 0.469 e. The van der Waals surface area contributed by atoms with Crippen LogP contribution in [0.2, 0.25) is 5.15 Å². The quantitative estimate of drug-likeness (QED) is 0.449. The Labute approximate surface area is 128 Å². The third kappa shape index (κ3) is 2.10. The number of nitrogens with zero attached hydrogens (tertiary/aromatic N) is 3. The van der Waals surface area contributed by atoms with Gasteiger partial charge in [0.25, 0.3) is 0 Å². The van der Waals surface area contributed by atoms with Crippen molar-refractivity contribution in [1.29, 1.82) is 0 Å². The molecule has 0 unspecified atom stereocenters. The van der Waals surface area contributed by atoms with Gasteiger partial charge in [-0.3, -0.25) is 4.79 Å². The van der Waals surface area contributed by atoms with E-state index in [1.165, 1.54) is 13.4 Å². The number of halogens is 2. The Morgan fingerprint density at radius 3 is 2.95 bits per heavy atom. The maximum Gasteiger partial charge on any atom is 0.308 e. The predicted molar refractivity (Wildman–Crippen MR) is 79.0 cm³/mol. The first kappa shape index (κ1) is 13.1. The Morgan fingerprint density at radius 1 is 1.53 bits per heavy atom. The minimum absolute atomic E-state index is 0.00224. The highest BCUT2D eigenvalue weighted by Crippen LogP contribution is 2.41. The van der Waals surface area contributed by atoms with Gasteiger partial charge in [-0.2, -0.15) is 0 Å². The Bertz CT molecular complexity index is 652. The average molecular weight is 392 g/mol. The average Bonchev–Trinajstić information content (AvgIpc) is 2.66. The van der Waals surface area contributed by atoms with Crippen LogP contribution in [-0.2, 0) is 9.53 Å². The molecule has 0 amide bonds. The number of ether oxygens (including phenoxy) is 1. The molecule has 0 radical (unpaired) electrons. The molecule has 5 nitrogen and oxygen atoms in total. The van der Waals surface area contributed by atoms with E-state index in [4.69, 9.17) is 16.3 Å². The Hall–Kier alpha value is -0.890. The van der Waals surface area contributed by atoms with Gasteiger partial charge in [0.15, 0.2) is 0 Å². The van der Waals surface area contributed by atoms with Crippen LogP contribution in [0.5, 0.6) is 0 Å². The van der Waals surface area contributed by atoms with Gasteiger partial charge in [-0.15, -0.1) is 0 Å². The molecule has 2 aromatic heterocycles. The van der Waals surface area contributed by atoms with Crippen LogP contribution in [0.25, 0.3) is 11.0 Å². The molecular formula is C12H11ClIN3O2. The molecule has 100 valence electrons. The first-order valence-electron chi connectivity index (χ1n) is 5.86. The fraction of sp³-hybridized carbons (Fsp3) is 0.417. The van der Waals surface area contributed by atoms with Gasteiger partial charge in [-0.25, -0.2) is 9.97 Å². The zero-order valence-electron chi connectivity index (χ0n) is 10.1. The monoisotopic (exact) mass is 391 g/mol. The number of methoxy groups -OCH3 is 1. The molecule has 0 bridgehead atoms. The smallest absolute Gasteiger partial charge is 0.308 e. The number of rotatable bonds is 2. The van der Waals surface area contributed by atoms with E-state index < -0.39 is 0 Å². The van der Waals surface area contributed by atoms with Crippen LogP contribution in [-0.4, -0.2) is 27.6 Å². The van der Waals surface area contributed by atoms with E-state index in [1.54, 1.807) is 0 Å². The normalized spacial score (nSPS) is 22.3. The lowest BCUT2D eigenvalue weighted by Gasteiger charge is -2.34. The van der Waals surface area contributed by atoms with Crippen LogP contribution in [0.15, 0.2) is 12.5 Å². The van der Waals surface area contributed by atoms with Crippen LogP contribution in [0.4, 0.5) is 0 Å². The van der Waals surface area contributed by atoms with E-state index in [0.29, 0.717) is 5.15 Å². The number of carbonyl (C=O) groups is 1. The second-order valence-corrected chi connectivity index (χ2v) is 6.11. The minimum atomic E-state index is -0.130. The van der Waals surface area contributed by atoms with Crippen molar-refractivity contribution in [1.82, 2.24) is 14.5 Å². The summed E-state index contributed by atoms with van der Waals surface area (Å²) in [6.45, 7) is 0. The lowest BCUT2D eigenvalue weighted by atomic mass is 9.80. The van der Waals surface area contributed by atoms with Crippen molar-refractivity contribution in [2.75, 3.05) is 7.11 Å². The SMILES string of the molecule is COC(=O)[C@H]1C[C@H](n2cc(I)c3c(Cl)ncnc32)C1. The highest BCUT2D eigenvalue weighted by Gasteiger charge is 2.37. The van der Waals surface area contributed by atoms with Crippen molar-refractivity contribution in [3.63, 3.8) is 0 Å².